The summed E-state index contributed by atoms with van der Waals surface area (Å²) < 4.78 is 2.21. The van der Waals surface area contributed by atoms with Gasteiger partial charge in [-0.3, -0.25) is 0 Å². The minimum absolute atomic E-state index is 0.626. The van der Waals surface area contributed by atoms with Crippen molar-refractivity contribution in [3.8, 4) is 0 Å². The number of nitrogens with one attached hydrogen (secondary N) is 1. The molecule has 96 valence electrons. The zero-order valence-electron chi connectivity index (χ0n) is 11.4. The molecule has 2 unspecified atom stereocenters. The van der Waals surface area contributed by atoms with Crippen LogP contribution in [-0.4, -0.2) is 15.6 Å². The lowest BCUT2D eigenvalue weighted by Crippen LogP contribution is -2.28. The van der Waals surface area contributed by atoms with E-state index in [1.807, 2.05) is 0 Å². The number of anilines is 1. The van der Waals surface area contributed by atoms with E-state index in [1.165, 1.54) is 32.1 Å². The first-order valence-corrected chi connectivity index (χ1v) is 7.03. The average Bonchev–Trinajstić information content (AvgIpc) is 2.69. The molecule has 2 rings (SSSR count). The predicted octanol–water partition coefficient (Wildman–Crippen LogP) is 3.59. The van der Waals surface area contributed by atoms with Gasteiger partial charge in [0.25, 0.3) is 0 Å². The molecular weight excluding hydrogens is 210 g/mol. The second-order valence-corrected chi connectivity index (χ2v) is 5.27. The van der Waals surface area contributed by atoms with Crippen molar-refractivity contribution in [1.29, 1.82) is 0 Å². The van der Waals surface area contributed by atoms with Crippen LogP contribution in [-0.2, 0) is 6.54 Å². The van der Waals surface area contributed by atoms with E-state index in [-0.39, 0.29) is 0 Å². The summed E-state index contributed by atoms with van der Waals surface area (Å²) in [5.74, 6) is 1.97. The van der Waals surface area contributed by atoms with Crippen molar-refractivity contribution in [3.63, 3.8) is 0 Å². The van der Waals surface area contributed by atoms with Crippen molar-refractivity contribution in [2.75, 3.05) is 5.32 Å². The molecule has 1 aromatic rings. The molecule has 1 heterocycles. The smallest absolute Gasteiger partial charge is 0.203 e. The minimum Gasteiger partial charge on any atom is -0.353 e. The number of aryl methyl sites for hydroxylation is 2. The molecule has 0 spiro atoms. The molecule has 1 fully saturated rings. The maximum Gasteiger partial charge on any atom is 0.203 e. The normalized spacial score (nSPS) is 24.9. The predicted molar refractivity (Wildman–Crippen MR) is 72.3 cm³/mol. The third-order valence-electron chi connectivity index (χ3n) is 3.93. The van der Waals surface area contributed by atoms with E-state index in [2.05, 4.69) is 41.8 Å². The van der Waals surface area contributed by atoms with Gasteiger partial charge < -0.3 is 9.88 Å². The second-order valence-electron chi connectivity index (χ2n) is 5.27. The molecule has 0 aliphatic heterocycles. The van der Waals surface area contributed by atoms with Crippen molar-refractivity contribution in [2.24, 2.45) is 5.92 Å². The number of rotatable bonds is 4. The Bertz CT molecular complexity index is 356. The molecule has 0 aromatic carbocycles. The van der Waals surface area contributed by atoms with Crippen molar-refractivity contribution >= 4 is 5.95 Å². The summed E-state index contributed by atoms with van der Waals surface area (Å²) in [7, 11) is 0. The fourth-order valence-corrected chi connectivity index (χ4v) is 2.88. The molecule has 1 aromatic heterocycles. The fourth-order valence-electron chi connectivity index (χ4n) is 2.88. The van der Waals surface area contributed by atoms with Crippen LogP contribution < -0.4 is 5.32 Å². The summed E-state index contributed by atoms with van der Waals surface area (Å²) in [5.41, 5.74) is 1.11. The van der Waals surface area contributed by atoms with E-state index >= 15 is 0 Å². The van der Waals surface area contributed by atoms with Crippen LogP contribution in [0.2, 0.25) is 0 Å². The van der Waals surface area contributed by atoms with Gasteiger partial charge in [0, 0.05) is 18.8 Å². The monoisotopic (exact) mass is 235 g/mol. The van der Waals surface area contributed by atoms with Gasteiger partial charge in [0.1, 0.15) is 0 Å². The number of hydrogen-bond donors (Lipinski definition) is 1. The molecule has 3 heteroatoms. The molecule has 3 nitrogen and oxygen atoms in total. The maximum atomic E-state index is 4.58. The summed E-state index contributed by atoms with van der Waals surface area (Å²) in [4.78, 5) is 4.58. The number of imidazole rings is 1. The van der Waals surface area contributed by atoms with E-state index < -0.39 is 0 Å². The SMILES string of the molecule is CCC1CCCC(Nc2nc(C)cn2CC)C1. The van der Waals surface area contributed by atoms with E-state index in [9.17, 15) is 0 Å². The quantitative estimate of drug-likeness (QED) is 0.864. The average molecular weight is 235 g/mol. The van der Waals surface area contributed by atoms with Gasteiger partial charge in [-0.05, 0) is 32.6 Å². The molecule has 1 aliphatic rings. The van der Waals surface area contributed by atoms with Crippen molar-refractivity contribution < 1.29 is 0 Å². The topological polar surface area (TPSA) is 29.9 Å². The Morgan fingerprint density at radius 1 is 1.41 bits per heavy atom. The number of hydrogen-bond acceptors (Lipinski definition) is 2. The van der Waals surface area contributed by atoms with E-state index in [0.717, 1.165) is 24.1 Å². The highest BCUT2D eigenvalue weighted by atomic mass is 15.2. The first kappa shape index (κ1) is 12.5. The lowest BCUT2D eigenvalue weighted by atomic mass is 9.84. The van der Waals surface area contributed by atoms with E-state index in [1.54, 1.807) is 0 Å². The summed E-state index contributed by atoms with van der Waals surface area (Å²) in [6.45, 7) is 7.53. The third-order valence-corrected chi connectivity index (χ3v) is 3.93. The number of nitrogens with zero attached hydrogens (tertiary/aromatic N) is 2. The Hall–Kier alpha value is -0.990. The standard InChI is InChI=1S/C14H25N3/c1-4-12-7-6-8-13(9-12)16-14-15-11(3)10-17(14)5-2/h10,12-13H,4-9H2,1-3H3,(H,15,16). The van der Waals surface area contributed by atoms with Crippen LogP contribution in [0.25, 0.3) is 0 Å². The van der Waals surface area contributed by atoms with Crippen LogP contribution in [0.1, 0.15) is 51.6 Å². The largest absolute Gasteiger partial charge is 0.353 e. The molecule has 2 atom stereocenters. The Morgan fingerprint density at radius 2 is 2.24 bits per heavy atom. The second kappa shape index (κ2) is 5.56. The van der Waals surface area contributed by atoms with Crippen LogP contribution in [0.4, 0.5) is 5.95 Å². The summed E-state index contributed by atoms with van der Waals surface area (Å²) >= 11 is 0. The minimum atomic E-state index is 0.626. The van der Waals surface area contributed by atoms with Gasteiger partial charge >= 0.3 is 0 Å². The van der Waals surface area contributed by atoms with E-state index in [0.29, 0.717) is 6.04 Å². The lowest BCUT2D eigenvalue weighted by molar-refractivity contribution is 0.326. The van der Waals surface area contributed by atoms with Crippen molar-refractivity contribution in [1.82, 2.24) is 9.55 Å². The molecule has 0 radical (unpaired) electrons. The van der Waals surface area contributed by atoms with Crippen molar-refractivity contribution in [3.05, 3.63) is 11.9 Å². The van der Waals surface area contributed by atoms with Gasteiger partial charge in [-0.15, -0.1) is 0 Å². The zero-order chi connectivity index (χ0) is 12.3. The van der Waals surface area contributed by atoms with Gasteiger partial charge in [0.05, 0.1) is 5.69 Å². The van der Waals surface area contributed by atoms with E-state index in [4.69, 9.17) is 0 Å². The molecule has 0 bridgehead atoms. The fraction of sp³-hybridized carbons (Fsp3) is 0.786. The van der Waals surface area contributed by atoms with Crippen LogP contribution >= 0.6 is 0 Å². The highest BCUT2D eigenvalue weighted by molar-refractivity contribution is 5.30. The first-order chi connectivity index (χ1) is 8.22. The Labute approximate surface area is 105 Å². The molecule has 0 saturated heterocycles. The molecule has 0 amide bonds. The Morgan fingerprint density at radius 3 is 2.94 bits per heavy atom. The highest BCUT2D eigenvalue weighted by Gasteiger charge is 2.21. The molecular formula is C14H25N3. The molecule has 1 N–H and O–H groups in total. The van der Waals surface area contributed by atoms with Gasteiger partial charge in [0.15, 0.2) is 0 Å². The molecule has 1 aliphatic carbocycles. The van der Waals surface area contributed by atoms with Gasteiger partial charge in [0.2, 0.25) is 5.95 Å². The lowest BCUT2D eigenvalue weighted by Gasteiger charge is -2.29. The summed E-state index contributed by atoms with van der Waals surface area (Å²) in [5, 5.41) is 3.64. The Balaban J connectivity index is 1.99. The zero-order valence-corrected chi connectivity index (χ0v) is 11.4. The molecule has 17 heavy (non-hydrogen) atoms. The number of aromatic nitrogens is 2. The van der Waals surface area contributed by atoms with Gasteiger partial charge in [-0.1, -0.05) is 26.2 Å². The van der Waals surface area contributed by atoms with Gasteiger partial charge in [-0.25, -0.2) is 4.98 Å². The van der Waals surface area contributed by atoms with Crippen molar-refractivity contribution in [2.45, 2.75) is 65.5 Å². The first-order valence-electron chi connectivity index (χ1n) is 7.03. The Kier molecular flexibility index (Phi) is 4.08. The van der Waals surface area contributed by atoms with Crippen LogP contribution in [0, 0.1) is 12.8 Å². The highest BCUT2D eigenvalue weighted by Crippen LogP contribution is 2.28. The summed E-state index contributed by atoms with van der Waals surface area (Å²) in [6.07, 6.45) is 8.83. The van der Waals surface area contributed by atoms with Crippen LogP contribution in [0.5, 0.6) is 0 Å². The maximum absolute atomic E-state index is 4.58. The third kappa shape index (κ3) is 3.02. The van der Waals surface area contributed by atoms with Gasteiger partial charge in [-0.2, -0.15) is 0 Å². The molecule has 1 saturated carbocycles. The van der Waals surface area contributed by atoms with Crippen LogP contribution in [0.3, 0.4) is 0 Å². The summed E-state index contributed by atoms with van der Waals surface area (Å²) in [6, 6.07) is 0.626. The van der Waals surface area contributed by atoms with Crippen LogP contribution in [0.15, 0.2) is 6.20 Å².